The third-order valence-electron chi connectivity index (χ3n) is 9.30. The van der Waals surface area contributed by atoms with Crippen molar-refractivity contribution in [1.29, 1.82) is 0 Å². The van der Waals surface area contributed by atoms with Crippen LogP contribution in [-0.2, 0) is 18.0 Å². The summed E-state index contributed by atoms with van der Waals surface area (Å²) in [4.78, 5) is 0. The van der Waals surface area contributed by atoms with Crippen LogP contribution >= 0.6 is 11.6 Å². The summed E-state index contributed by atoms with van der Waals surface area (Å²) < 4.78 is 27.8. The fraction of sp³-hybridized carbons (Fsp3) is 0.733. The van der Waals surface area contributed by atoms with Gasteiger partial charge in [-0.2, -0.15) is 0 Å². The third kappa shape index (κ3) is 8.08. The van der Waals surface area contributed by atoms with Crippen molar-refractivity contribution in [3.63, 3.8) is 0 Å². The number of halogens is 1. The van der Waals surface area contributed by atoms with Gasteiger partial charge in [0, 0.05) is 10.6 Å². The second-order valence-corrected chi connectivity index (χ2v) is 30.2. The van der Waals surface area contributed by atoms with E-state index in [2.05, 4.69) is 108 Å². The van der Waals surface area contributed by atoms with Crippen molar-refractivity contribution in [1.82, 2.24) is 0 Å². The van der Waals surface area contributed by atoms with Crippen LogP contribution in [0.2, 0.25) is 59.4 Å². The minimum Gasteiger partial charge on any atom is -0.485 e. The monoisotopic (exact) mass is 598 g/mol. The van der Waals surface area contributed by atoms with Crippen molar-refractivity contribution < 1.29 is 18.0 Å². The van der Waals surface area contributed by atoms with Gasteiger partial charge in [0.05, 0.1) is 12.7 Å². The summed E-state index contributed by atoms with van der Waals surface area (Å²) in [7, 11) is -6.30. The lowest BCUT2D eigenvalue weighted by Gasteiger charge is -2.48. The molecule has 1 aliphatic rings. The Morgan fingerprint density at radius 2 is 1.16 bits per heavy atom. The van der Waals surface area contributed by atoms with E-state index in [1.54, 1.807) is 0 Å². The normalized spacial score (nSPS) is 22.2. The number of rotatable bonds is 8. The summed E-state index contributed by atoms with van der Waals surface area (Å²) in [6.07, 6.45) is 1.36. The molecule has 0 radical (unpaired) electrons. The molecular formula is C30H55ClO4Si3. The van der Waals surface area contributed by atoms with Crippen LogP contribution in [0.3, 0.4) is 0 Å². The SMILES string of the molecule is CC(C)(C)[Si](C)(C)OC[C@H]1OC(c2ccc(Cl)cc2)=C[C@@H](O[Si](C)(C)C(C)(C)C)[C@@H]1O[Si](C)(C)C(C)(C)C. The highest BCUT2D eigenvalue weighted by molar-refractivity contribution is 6.75. The van der Waals surface area contributed by atoms with Crippen LogP contribution in [0.1, 0.15) is 67.9 Å². The summed E-state index contributed by atoms with van der Waals surface area (Å²) in [5.74, 6) is 0.810. The van der Waals surface area contributed by atoms with Crippen LogP contribution in [0.25, 0.3) is 5.76 Å². The Kier molecular flexibility index (Phi) is 10.2. The zero-order chi connectivity index (χ0) is 29.5. The topological polar surface area (TPSA) is 36.9 Å². The van der Waals surface area contributed by atoms with Crippen LogP contribution in [-0.4, -0.2) is 49.9 Å². The highest BCUT2D eigenvalue weighted by Gasteiger charge is 2.49. The smallest absolute Gasteiger partial charge is 0.193 e. The molecule has 4 nitrogen and oxygen atoms in total. The van der Waals surface area contributed by atoms with Crippen molar-refractivity contribution in [3.8, 4) is 0 Å². The van der Waals surface area contributed by atoms with E-state index < -0.39 is 25.0 Å². The summed E-state index contributed by atoms with van der Waals surface area (Å²) in [6.45, 7) is 34.8. The molecule has 3 atom stereocenters. The van der Waals surface area contributed by atoms with Gasteiger partial charge in [-0.25, -0.2) is 0 Å². The van der Waals surface area contributed by atoms with Crippen LogP contribution < -0.4 is 0 Å². The fourth-order valence-electron chi connectivity index (χ4n) is 3.42. The Hall–Kier alpha value is -0.419. The molecule has 0 amide bonds. The third-order valence-corrected chi connectivity index (χ3v) is 23.0. The summed E-state index contributed by atoms with van der Waals surface area (Å²) in [5, 5.41) is 0.924. The number of hydrogen-bond acceptors (Lipinski definition) is 4. The van der Waals surface area contributed by atoms with E-state index in [4.69, 9.17) is 29.6 Å². The molecule has 1 aromatic carbocycles. The molecule has 1 aliphatic heterocycles. The molecule has 0 fully saturated rings. The average Bonchev–Trinajstić information content (AvgIpc) is 2.71. The van der Waals surface area contributed by atoms with E-state index in [0.717, 1.165) is 11.3 Å². The molecule has 0 N–H and O–H groups in total. The number of benzene rings is 1. The molecule has 0 unspecified atom stereocenters. The first-order valence-electron chi connectivity index (χ1n) is 14.0. The van der Waals surface area contributed by atoms with Gasteiger partial charge in [0.2, 0.25) is 0 Å². The first kappa shape index (κ1) is 33.8. The lowest BCUT2D eigenvalue weighted by atomic mass is 10.0. The van der Waals surface area contributed by atoms with E-state index in [-0.39, 0.29) is 33.4 Å². The Morgan fingerprint density at radius 3 is 1.61 bits per heavy atom. The Bertz CT molecular complexity index is 967. The van der Waals surface area contributed by atoms with Gasteiger partial charge in [-0.15, -0.1) is 0 Å². The van der Waals surface area contributed by atoms with Crippen molar-refractivity contribution in [2.24, 2.45) is 0 Å². The van der Waals surface area contributed by atoms with Crippen molar-refractivity contribution in [2.75, 3.05) is 6.61 Å². The van der Waals surface area contributed by atoms with E-state index in [1.807, 2.05) is 24.3 Å². The summed E-state index contributed by atoms with van der Waals surface area (Å²) >= 11 is 6.22. The maximum absolute atomic E-state index is 7.16. The molecule has 1 heterocycles. The Balaban J connectivity index is 2.62. The first-order chi connectivity index (χ1) is 16.9. The Labute approximate surface area is 242 Å². The van der Waals surface area contributed by atoms with Gasteiger partial charge in [0.15, 0.2) is 25.0 Å². The van der Waals surface area contributed by atoms with Gasteiger partial charge in [-0.1, -0.05) is 73.9 Å². The average molecular weight is 599 g/mol. The second kappa shape index (κ2) is 11.5. The Morgan fingerprint density at radius 1 is 0.711 bits per heavy atom. The highest BCUT2D eigenvalue weighted by Crippen LogP contribution is 2.44. The van der Waals surface area contributed by atoms with Crippen LogP contribution in [0.4, 0.5) is 0 Å². The molecule has 0 saturated carbocycles. The van der Waals surface area contributed by atoms with Gasteiger partial charge < -0.3 is 18.0 Å². The molecule has 218 valence electrons. The van der Waals surface area contributed by atoms with Gasteiger partial charge >= 0.3 is 0 Å². The molecule has 8 heteroatoms. The maximum atomic E-state index is 7.16. The number of ether oxygens (including phenoxy) is 1. The predicted molar refractivity (Wildman–Crippen MR) is 172 cm³/mol. The van der Waals surface area contributed by atoms with E-state index in [0.29, 0.717) is 11.6 Å². The lowest BCUT2D eigenvalue weighted by Crippen LogP contribution is -2.58. The van der Waals surface area contributed by atoms with E-state index >= 15 is 0 Å². The molecule has 1 aromatic rings. The molecule has 38 heavy (non-hydrogen) atoms. The maximum Gasteiger partial charge on any atom is 0.193 e. The molecule has 0 saturated heterocycles. The standard InChI is InChI=1S/C30H55ClO4Si3/c1-28(2,3)36(10,11)32-21-26-27(35-38(14,15)30(7,8)9)25(34-37(12,13)29(4,5)6)20-24(33-26)22-16-18-23(31)19-17-22/h16-20,25-27H,21H2,1-15H3/t25-,26-,27+/m1/s1. The summed E-state index contributed by atoms with van der Waals surface area (Å²) in [6, 6.07) is 7.84. The molecule has 0 spiro atoms. The van der Waals surface area contributed by atoms with Crippen LogP contribution in [0, 0.1) is 0 Å². The van der Waals surface area contributed by atoms with Gasteiger partial charge in [-0.05, 0) is 84.7 Å². The zero-order valence-corrected chi connectivity index (χ0v) is 30.6. The van der Waals surface area contributed by atoms with E-state index in [9.17, 15) is 0 Å². The highest BCUT2D eigenvalue weighted by atomic mass is 35.5. The largest absolute Gasteiger partial charge is 0.485 e. The lowest BCUT2D eigenvalue weighted by molar-refractivity contribution is -0.0592. The quantitative estimate of drug-likeness (QED) is 0.279. The van der Waals surface area contributed by atoms with Crippen LogP contribution in [0.15, 0.2) is 30.3 Å². The number of hydrogen-bond donors (Lipinski definition) is 0. The molecule has 0 aromatic heterocycles. The molecule has 0 bridgehead atoms. The molecule has 2 rings (SSSR count). The van der Waals surface area contributed by atoms with Crippen molar-refractivity contribution in [3.05, 3.63) is 40.9 Å². The van der Waals surface area contributed by atoms with Crippen molar-refractivity contribution in [2.45, 2.75) is 135 Å². The molecule has 0 aliphatic carbocycles. The van der Waals surface area contributed by atoms with Crippen molar-refractivity contribution >= 4 is 42.3 Å². The van der Waals surface area contributed by atoms with Gasteiger partial charge in [0.1, 0.15) is 18.0 Å². The second-order valence-electron chi connectivity index (χ2n) is 15.5. The predicted octanol–water partition coefficient (Wildman–Crippen LogP) is 9.88. The van der Waals surface area contributed by atoms with Crippen LogP contribution in [0.5, 0.6) is 0 Å². The first-order valence-corrected chi connectivity index (χ1v) is 23.1. The molecular weight excluding hydrogens is 544 g/mol. The van der Waals surface area contributed by atoms with E-state index in [1.165, 1.54) is 0 Å². The summed E-state index contributed by atoms with van der Waals surface area (Å²) in [5.41, 5.74) is 0.987. The minimum absolute atomic E-state index is 0.0551. The zero-order valence-electron chi connectivity index (χ0n) is 26.8. The van der Waals surface area contributed by atoms with Gasteiger partial charge in [-0.3, -0.25) is 0 Å². The minimum atomic E-state index is -2.15. The van der Waals surface area contributed by atoms with Gasteiger partial charge in [0.25, 0.3) is 0 Å². The fourth-order valence-corrected chi connectivity index (χ4v) is 7.11.